The van der Waals surface area contributed by atoms with Crippen molar-refractivity contribution in [3.8, 4) is 11.6 Å². The predicted octanol–water partition coefficient (Wildman–Crippen LogP) is 2.47. The van der Waals surface area contributed by atoms with E-state index in [4.69, 9.17) is 4.74 Å². The molecule has 0 aliphatic heterocycles. The summed E-state index contributed by atoms with van der Waals surface area (Å²) < 4.78 is 6.46. The van der Waals surface area contributed by atoms with Crippen LogP contribution in [0.25, 0.3) is 5.69 Å². The highest BCUT2D eigenvalue weighted by Crippen LogP contribution is 2.20. The Balaban J connectivity index is 2.16. The fourth-order valence-electron chi connectivity index (χ4n) is 2.05. The van der Waals surface area contributed by atoms with E-state index in [1.807, 2.05) is 18.2 Å². The van der Waals surface area contributed by atoms with Gasteiger partial charge in [0.2, 0.25) is 11.7 Å². The number of benzene rings is 1. The Kier molecular flexibility index (Phi) is 3.45. The number of H-pyrrole nitrogens is 1. The lowest BCUT2D eigenvalue weighted by Gasteiger charge is -2.00. The van der Waals surface area contributed by atoms with E-state index in [-0.39, 0.29) is 17.2 Å². The van der Waals surface area contributed by atoms with E-state index in [1.54, 1.807) is 29.6 Å². The maximum Gasteiger partial charge on any atom is 0.286 e. The van der Waals surface area contributed by atoms with Gasteiger partial charge in [-0.25, -0.2) is 4.68 Å². The average Bonchev–Trinajstić information content (AvgIpc) is 3.15. The van der Waals surface area contributed by atoms with Crippen LogP contribution in [0.4, 0.5) is 0 Å². The van der Waals surface area contributed by atoms with Crippen LogP contribution in [-0.4, -0.2) is 22.7 Å². The third-order valence-electron chi connectivity index (χ3n) is 3.05. The van der Waals surface area contributed by atoms with Gasteiger partial charge in [0.1, 0.15) is 0 Å². The second-order valence-electron chi connectivity index (χ2n) is 4.30. The van der Waals surface area contributed by atoms with Gasteiger partial charge in [0.15, 0.2) is 5.56 Å². The Hall–Kier alpha value is -2.60. The molecule has 0 bridgehead atoms. The molecular formula is C15H12N2O3S. The van der Waals surface area contributed by atoms with Crippen LogP contribution in [0.5, 0.6) is 5.88 Å². The molecular weight excluding hydrogens is 288 g/mol. The molecule has 21 heavy (non-hydrogen) atoms. The molecule has 0 amide bonds. The number of thiophene rings is 1. The summed E-state index contributed by atoms with van der Waals surface area (Å²) in [4.78, 5) is 25.5. The number of rotatable bonds is 4. The van der Waals surface area contributed by atoms with Gasteiger partial charge in [0, 0.05) is 0 Å². The number of ether oxygens (including phenoxy) is 1. The molecule has 5 nitrogen and oxygen atoms in total. The van der Waals surface area contributed by atoms with E-state index in [2.05, 4.69) is 5.10 Å². The van der Waals surface area contributed by atoms with Crippen LogP contribution in [-0.2, 0) is 0 Å². The molecule has 1 N–H and O–H groups in total. The highest BCUT2D eigenvalue weighted by Gasteiger charge is 2.24. The van der Waals surface area contributed by atoms with Gasteiger partial charge in [-0.2, -0.15) is 0 Å². The Labute approximate surface area is 124 Å². The van der Waals surface area contributed by atoms with Crippen molar-refractivity contribution < 1.29 is 9.53 Å². The fraction of sp³-hybridized carbons (Fsp3) is 0.0667. The first kappa shape index (κ1) is 13.4. The van der Waals surface area contributed by atoms with Gasteiger partial charge in [-0.3, -0.25) is 14.7 Å². The third-order valence-corrected chi connectivity index (χ3v) is 3.92. The van der Waals surface area contributed by atoms with Gasteiger partial charge in [0.05, 0.1) is 17.7 Å². The van der Waals surface area contributed by atoms with Crippen LogP contribution in [0.1, 0.15) is 15.2 Å². The second-order valence-corrected chi connectivity index (χ2v) is 5.25. The van der Waals surface area contributed by atoms with Crippen LogP contribution in [0, 0.1) is 0 Å². The van der Waals surface area contributed by atoms with Crippen molar-refractivity contribution in [2.45, 2.75) is 0 Å². The number of carbonyl (C=O) groups is 1. The van der Waals surface area contributed by atoms with Crippen molar-refractivity contribution >= 4 is 17.1 Å². The summed E-state index contributed by atoms with van der Waals surface area (Å²) in [5.41, 5.74) is 0.242. The number of hydrogen-bond donors (Lipinski definition) is 1. The van der Waals surface area contributed by atoms with Gasteiger partial charge in [-0.1, -0.05) is 24.3 Å². The smallest absolute Gasteiger partial charge is 0.286 e. The lowest BCUT2D eigenvalue weighted by Crippen LogP contribution is -2.20. The number of carbonyl (C=O) groups excluding carboxylic acids is 1. The highest BCUT2D eigenvalue weighted by atomic mass is 32.1. The maximum atomic E-state index is 12.5. The summed E-state index contributed by atoms with van der Waals surface area (Å²) >= 11 is 1.29. The molecule has 2 heterocycles. The minimum absolute atomic E-state index is 0.0174. The lowest BCUT2D eigenvalue weighted by molar-refractivity contribution is 0.103. The van der Waals surface area contributed by atoms with Crippen molar-refractivity contribution in [2.75, 3.05) is 7.11 Å². The molecule has 0 aliphatic carbocycles. The average molecular weight is 300 g/mol. The molecule has 0 spiro atoms. The van der Waals surface area contributed by atoms with Crippen LogP contribution < -0.4 is 10.3 Å². The quantitative estimate of drug-likeness (QED) is 0.753. The Morgan fingerprint density at radius 3 is 2.57 bits per heavy atom. The number of ketones is 1. The molecule has 0 saturated heterocycles. The molecule has 0 unspecified atom stereocenters. The van der Waals surface area contributed by atoms with E-state index in [0.29, 0.717) is 10.6 Å². The van der Waals surface area contributed by atoms with Gasteiger partial charge in [0.25, 0.3) is 5.56 Å². The molecule has 3 aromatic rings. The molecule has 0 radical (unpaired) electrons. The topological polar surface area (TPSA) is 64.1 Å². The molecule has 6 heteroatoms. The minimum Gasteiger partial charge on any atom is -0.481 e. The summed E-state index contributed by atoms with van der Waals surface area (Å²) in [5.74, 6) is -0.167. The first-order valence-electron chi connectivity index (χ1n) is 6.25. The van der Waals surface area contributed by atoms with Crippen molar-refractivity contribution in [1.82, 2.24) is 9.78 Å². The minimum atomic E-state index is -0.420. The highest BCUT2D eigenvalue weighted by molar-refractivity contribution is 7.12. The number of nitrogens with one attached hydrogen (secondary N) is 1. The first-order valence-corrected chi connectivity index (χ1v) is 7.13. The van der Waals surface area contributed by atoms with Gasteiger partial charge < -0.3 is 4.74 Å². The number of aromatic nitrogens is 2. The van der Waals surface area contributed by atoms with Crippen molar-refractivity contribution in [1.29, 1.82) is 0 Å². The lowest BCUT2D eigenvalue weighted by atomic mass is 10.2. The summed E-state index contributed by atoms with van der Waals surface area (Å²) in [6.07, 6.45) is 0. The standard InChI is InChI=1S/C15H12N2O3S/c1-20-14-12(13(18)11-8-5-9-21-11)15(19)17(16-14)10-6-3-2-4-7-10/h2-9,16H,1H3. The summed E-state index contributed by atoms with van der Waals surface area (Å²) in [5, 5.41) is 4.62. The Morgan fingerprint density at radius 2 is 1.95 bits per heavy atom. The van der Waals surface area contributed by atoms with E-state index in [0.717, 1.165) is 0 Å². The molecule has 0 fully saturated rings. The predicted molar refractivity (Wildman–Crippen MR) is 80.7 cm³/mol. The zero-order valence-corrected chi connectivity index (χ0v) is 12.0. The SMILES string of the molecule is COc1[nH]n(-c2ccccc2)c(=O)c1C(=O)c1cccs1. The first-order chi connectivity index (χ1) is 10.2. The zero-order chi connectivity index (χ0) is 14.8. The van der Waals surface area contributed by atoms with Crippen molar-refractivity contribution in [3.63, 3.8) is 0 Å². The third kappa shape index (κ3) is 2.30. The monoisotopic (exact) mass is 300 g/mol. The number of aromatic amines is 1. The largest absolute Gasteiger partial charge is 0.481 e. The Morgan fingerprint density at radius 1 is 1.19 bits per heavy atom. The van der Waals surface area contributed by atoms with Gasteiger partial charge in [-0.05, 0) is 23.6 Å². The maximum absolute atomic E-state index is 12.5. The molecule has 3 rings (SSSR count). The van der Waals surface area contributed by atoms with Crippen molar-refractivity contribution in [2.24, 2.45) is 0 Å². The second kappa shape index (κ2) is 5.41. The van der Waals surface area contributed by atoms with Crippen LogP contribution in [0.2, 0.25) is 0 Å². The number of methoxy groups -OCH3 is 1. The molecule has 0 atom stereocenters. The van der Waals surface area contributed by atoms with E-state index in [1.165, 1.54) is 23.1 Å². The van der Waals surface area contributed by atoms with E-state index >= 15 is 0 Å². The van der Waals surface area contributed by atoms with Crippen LogP contribution >= 0.6 is 11.3 Å². The number of para-hydroxylation sites is 1. The summed E-state index contributed by atoms with van der Waals surface area (Å²) in [6.45, 7) is 0. The van der Waals surface area contributed by atoms with E-state index in [9.17, 15) is 9.59 Å². The van der Waals surface area contributed by atoms with Crippen molar-refractivity contribution in [3.05, 3.63) is 68.6 Å². The normalized spacial score (nSPS) is 10.5. The molecule has 0 saturated carbocycles. The van der Waals surface area contributed by atoms with E-state index < -0.39 is 5.56 Å². The molecule has 0 aliphatic rings. The van der Waals surface area contributed by atoms with Gasteiger partial charge >= 0.3 is 0 Å². The molecule has 1 aromatic carbocycles. The number of hydrogen-bond acceptors (Lipinski definition) is 4. The molecule has 2 aromatic heterocycles. The zero-order valence-electron chi connectivity index (χ0n) is 11.2. The summed E-state index contributed by atoms with van der Waals surface area (Å²) in [6, 6.07) is 12.5. The van der Waals surface area contributed by atoms with Crippen LogP contribution in [0.3, 0.4) is 0 Å². The van der Waals surface area contributed by atoms with Crippen LogP contribution in [0.15, 0.2) is 52.6 Å². The van der Waals surface area contributed by atoms with Gasteiger partial charge in [-0.15, -0.1) is 11.3 Å². The fourth-order valence-corrected chi connectivity index (χ4v) is 2.72. The molecule has 106 valence electrons. The summed E-state index contributed by atoms with van der Waals surface area (Å²) in [7, 11) is 1.42. The number of nitrogens with zero attached hydrogens (tertiary/aromatic N) is 1. The Bertz CT molecular complexity index is 816.